The Balaban J connectivity index is 1.96. The quantitative estimate of drug-likeness (QED) is 0.360. The maximum absolute atomic E-state index is 15.0. The molecule has 9 nitrogen and oxygen atoms in total. The molecule has 0 unspecified atom stereocenters. The van der Waals surface area contributed by atoms with Crippen molar-refractivity contribution in [1.82, 2.24) is 19.3 Å². The summed E-state index contributed by atoms with van der Waals surface area (Å²) >= 11 is 0. The second-order valence-electron chi connectivity index (χ2n) is 7.53. The number of Topliss-reactive ketones (excluding diaryl/α,β-unsaturated/α-hetero) is 1. The number of carbonyl (C=O) groups excluding carboxylic acids is 2. The summed E-state index contributed by atoms with van der Waals surface area (Å²) in [6, 6.07) is 10.3. The van der Waals surface area contributed by atoms with Crippen molar-refractivity contribution in [1.29, 1.82) is 0 Å². The second-order valence-corrected chi connectivity index (χ2v) is 7.53. The minimum absolute atomic E-state index is 0.00492. The Bertz CT molecular complexity index is 1220. The highest BCUT2D eigenvalue weighted by molar-refractivity contribution is 6.04. The summed E-state index contributed by atoms with van der Waals surface area (Å²) in [5.41, 5.74) is -0.317. The van der Waals surface area contributed by atoms with Crippen molar-refractivity contribution in [3.63, 3.8) is 0 Å². The largest absolute Gasteiger partial charge is 0.459 e. The van der Waals surface area contributed by atoms with Gasteiger partial charge < -0.3 is 9.47 Å². The molecule has 0 amide bonds. The lowest BCUT2D eigenvalue weighted by Crippen LogP contribution is -2.26. The average Bonchev–Trinajstić information content (AvgIpc) is 3.08. The van der Waals surface area contributed by atoms with Crippen molar-refractivity contribution >= 4 is 11.8 Å². The molecule has 10 heteroatoms. The van der Waals surface area contributed by atoms with Gasteiger partial charge in [0.05, 0.1) is 18.3 Å². The maximum atomic E-state index is 15.0. The summed E-state index contributed by atoms with van der Waals surface area (Å²) in [6.07, 6.45) is -0.471. The molecule has 0 aliphatic heterocycles. The first kappa shape index (κ1) is 24.0. The lowest BCUT2D eigenvalue weighted by atomic mass is 10.1. The fourth-order valence-corrected chi connectivity index (χ4v) is 3.16. The van der Waals surface area contributed by atoms with Gasteiger partial charge in [0, 0.05) is 13.5 Å². The molecule has 0 saturated carbocycles. The Morgan fingerprint density at radius 1 is 1.15 bits per heavy atom. The fourth-order valence-electron chi connectivity index (χ4n) is 3.16. The molecule has 33 heavy (non-hydrogen) atoms. The summed E-state index contributed by atoms with van der Waals surface area (Å²) in [4.78, 5) is 41.3. The van der Waals surface area contributed by atoms with Crippen LogP contribution in [-0.4, -0.2) is 37.2 Å². The SMILES string of the molecule is CCn1c(COCc2ccccc2)nn(-c2nc(C(C)=O)c(C(=O)OC(C)C)cc2F)c1=O. The molecule has 0 fully saturated rings. The zero-order valence-corrected chi connectivity index (χ0v) is 18.9. The number of esters is 1. The van der Waals surface area contributed by atoms with E-state index in [-0.39, 0.29) is 30.2 Å². The third-order valence-electron chi connectivity index (χ3n) is 4.65. The molecule has 0 aliphatic rings. The second kappa shape index (κ2) is 10.3. The number of aromatic nitrogens is 4. The van der Waals surface area contributed by atoms with Crippen LogP contribution in [0.25, 0.3) is 5.82 Å². The van der Waals surface area contributed by atoms with E-state index in [1.54, 1.807) is 20.8 Å². The Labute approximate surface area is 189 Å². The number of hydrogen-bond acceptors (Lipinski definition) is 7. The average molecular weight is 456 g/mol. The zero-order valence-electron chi connectivity index (χ0n) is 18.9. The highest BCUT2D eigenvalue weighted by Crippen LogP contribution is 2.18. The Hall–Kier alpha value is -3.66. The van der Waals surface area contributed by atoms with Gasteiger partial charge in [0.15, 0.2) is 23.2 Å². The van der Waals surface area contributed by atoms with Crippen molar-refractivity contribution in [2.75, 3.05) is 0 Å². The maximum Gasteiger partial charge on any atom is 0.352 e. The molecule has 0 saturated heterocycles. The van der Waals surface area contributed by atoms with Crippen molar-refractivity contribution in [3.8, 4) is 5.82 Å². The summed E-state index contributed by atoms with van der Waals surface area (Å²) in [5.74, 6) is -2.67. The Morgan fingerprint density at radius 2 is 1.85 bits per heavy atom. The fraction of sp³-hybridized carbons (Fsp3) is 0.348. The third-order valence-corrected chi connectivity index (χ3v) is 4.65. The van der Waals surface area contributed by atoms with Crippen LogP contribution in [0.1, 0.15) is 59.9 Å². The van der Waals surface area contributed by atoms with E-state index in [9.17, 15) is 18.8 Å². The summed E-state index contributed by atoms with van der Waals surface area (Å²) in [6.45, 7) is 6.76. The molecule has 0 aliphatic carbocycles. The number of rotatable bonds is 9. The molecule has 0 atom stereocenters. The van der Waals surface area contributed by atoms with E-state index < -0.39 is 35.2 Å². The van der Waals surface area contributed by atoms with E-state index in [0.717, 1.165) is 16.3 Å². The molecule has 0 radical (unpaired) electrons. The molecule has 0 N–H and O–H groups in total. The molecule has 1 aromatic carbocycles. The van der Waals surface area contributed by atoms with Crippen LogP contribution in [0.3, 0.4) is 0 Å². The number of hydrogen-bond donors (Lipinski definition) is 0. The van der Waals surface area contributed by atoms with Crippen molar-refractivity contribution in [2.45, 2.75) is 53.6 Å². The number of halogens is 1. The van der Waals surface area contributed by atoms with E-state index in [2.05, 4.69) is 10.1 Å². The number of carbonyl (C=O) groups is 2. The summed E-state index contributed by atoms with van der Waals surface area (Å²) < 4.78 is 27.8. The smallest absolute Gasteiger partial charge is 0.352 e. The van der Waals surface area contributed by atoms with Gasteiger partial charge in [0.2, 0.25) is 0 Å². The first-order chi connectivity index (χ1) is 15.7. The van der Waals surface area contributed by atoms with Gasteiger partial charge in [0.25, 0.3) is 0 Å². The highest BCUT2D eigenvalue weighted by Gasteiger charge is 2.25. The molecule has 3 aromatic rings. The normalized spacial score (nSPS) is 11.1. The molecule has 0 spiro atoms. The molecular formula is C23H25FN4O5. The van der Waals surface area contributed by atoms with Crippen LogP contribution in [0, 0.1) is 5.82 Å². The van der Waals surface area contributed by atoms with E-state index in [1.807, 2.05) is 30.3 Å². The number of ether oxygens (including phenoxy) is 2. The predicted molar refractivity (Wildman–Crippen MR) is 117 cm³/mol. The molecular weight excluding hydrogens is 431 g/mol. The van der Waals surface area contributed by atoms with Gasteiger partial charge in [-0.15, -0.1) is 5.10 Å². The van der Waals surface area contributed by atoms with E-state index in [4.69, 9.17) is 9.47 Å². The van der Waals surface area contributed by atoms with Crippen LogP contribution in [0.2, 0.25) is 0 Å². The van der Waals surface area contributed by atoms with Gasteiger partial charge in [-0.05, 0) is 32.4 Å². The number of benzene rings is 1. The van der Waals surface area contributed by atoms with E-state index in [1.165, 1.54) is 11.5 Å². The molecule has 3 rings (SSSR count). The standard InChI is InChI=1S/C23H25FN4O5/c1-5-27-19(13-32-12-16-9-7-6-8-10-16)26-28(23(27)31)21-18(24)11-17(20(25-21)15(4)29)22(30)33-14(2)3/h6-11,14H,5,12-13H2,1-4H3. The summed E-state index contributed by atoms with van der Waals surface area (Å²) in [5, 5.41) is 4.18. The van der Waals surface area contributed by atoms with Gasteiger partial charge in [-0.25, -0.2) is 19.0 Å². The van der Waals surface area contributed by atoms with Crippen molar-refractivity contribution < 1.29 is 23.5 Å². The van der Waals surface area contributed by atoms with Crippen LogP contribution >= 0.6 is 0 Å². The van der Waals surface area contributed by atoms with E-state index >= 15 is 0 Å². The minimum Gasteiger partial charge on any atom is -0.459 e. The van der Waals surface area contributed by atoms with Gasteiger partial charge >= 0.3 is 11.7 Å². The van der Waals surface area contributed by atoms with Crippen LogP contribution in [0.5, 0.6) is 0 Å². The number of nitrogens with zero attached hydrogens (tertiary/aromatic N) is 4. The summed E-state index contributed by atoms with van der Waals surface area (Å²) in [7, 11) is 0. The van der Waals surface area contributed by atoms with Gasteiger partial charge in [-0.3, -0.25) is 9.36 Å². The molecule has 174 valence electrons. The van der Waals surface area contributed by atoms with Crippen molar-refractivity contribution in [2.24, 2.45) is 0 Å². The first-order valence-electron chi connectivity index (χ1n) is 10.5. The number of ketones is 1. The molecule has 2 heterocycles. The number of pyridine rings is 1. The Morgan fingerprint density at radius 3 is 2.45 bits per heavy atom. The lowest BCUT2D eigenvalue weighted by Gasteiger charge is -2.11. The molecule has 0 bridgehead atoms. The van der Waals surface area contributed by atoms with Crippen LogP contribution in [0.4, 0.5) is 4.39 Å². The predicted octanol–water partition coefficient (Wildman–Crippen LogP) is 3.07. The topological polar surface area (TPSA) is 105 Å². The third kappa shape index (κ3) is 5.40. The van der Waals surface area contributed by atoms with Crippen LogP contribution in [-0.2, 0) is 29.2 Å². The highest BCUT2D eigenvalue weighted by atomic mass is 19.1. The first-order valence-corrected chi connectivity index (χ1v) is 10.5. The minimum atomic E-state index is -0.990. The zero-order chi connectivity index (χ0) is 24.1. The lowest BCUT2D eigenvalue weighted by molar-refractivity contribution is 0.0374. The Kier molecular flexibility index (Phi) is 7.49. The van der Waals surface area contributed by atoms with Crippen LogP contribution < -0.4 is 5.69 Å². The van der Waals surface area contributed by atoms with Gasteiger partial charge in [-0.2, -0.15) is 4.68 Å². The van der Waals surface area contributed by atoms with Gasteiger partial charge in [-0.1, -0.05) is 30.3 Å². The monoisotopic (exact) mass is 456 g/mol. The van der Waals surface area contributed by atoms with Gasteiger partial charge in [0.1, 0.15) is 12.3 Å². The van der Waals surface area contributed by atoms with E-state index in [0.29, 0.717) is 6.61 Å². The van der Waals surface area contributed by atoms with Crippen molar-refractivity contribution in [3.05, 3.63) is 75.3 Å². The van der Waals surface area contributed by atoms with Crippen LogP contribution in [0.15, 0.2) is 41.2 Å². The molecule has 2 aromatic heterocycles.